The summed E-state index contributed by atoms with van der Waals surface area (Å²) in [6.07, 6.45) is 8.78. The number of amides is 3. The van der Waals surface area contributed by atoms with Crippen molar-refractivity contribution in [3.05, 3.63) is 29.3 Å². The molecule has 4 aliphatic rings. The van der Waals surface area contributed by atoms with Gasteiger partial charge in [0.15, 0.2) is 0 Å². The van der Waals surface area contributed by atoms with Crippen LogP contribution >= 0.6 is 0 Å². The predicted octanol–water partition coefficient (Wildman–Crippen LogP) is 2.32. The van der Waals surface area contributed by atoms with Crippen LogP contribution < -0.4 is 16.0 Å². The third-order valence-electron chi connectivity index (χ3n) is 7.52. The highest BCUT2D eigenvalue weighted by atomic mass is 16.2. The van der Waals surface area contributed by atoms with Gasteiger partial charge in [0.1, 0.15) is 6.04 Å². The van der Waals surface area contributed by atoms with Gasteiger partial charge in [-0.3, -0.25) is 19.7 Å². The Balaban J connectivity index is 1.42. The van der Waals surface area contributed by atoms with Crippen LogP contribution in [0.4, 0.5) is 5.69 Å². The first kappa shape index (κ1) is 20.5. The molecule has 3 N–H and O–H groups in total. The Morgan fingerprint density at radius 1 is 1.03 bits per heavy atom. The van der Waals surface area contributed by atoms with Crippen molar-refractivity contribution in [2.24, 2.45) is 11.7 Å². The first-order chi connectivity index (χ1) is 15.0. The summed E-state index contributed by atoms with van der Waals surface area (Å²) in [5, 5.41) is 2.39. The van der Waals surface area contributed by atoms with Crippen molar-refractivity contribution in [1.82, 2.24) is 10.2 Å². The molecule has 0 spiro atoms. The molecular weight excluding hydrogens is 392 g/mol. The molecule has 1 unspecified atom stereocenters. The van der Waals surface area contributed by atoms with Gasteiger partial charge in [-0.25, -0.2) is 0 Å². The van der Waals surface area contributed by atoms with Gasteiger partial charge in [-0.05, 0) is 56.6 Å². The maximum atomic E-state index is 13.2. The standard InChI is InChI=1S/C24H32N4O3/c25-16-6-8-17(9-7-16)27(13-12-15-4-5-15)20-3-1-2-18-19(20)14-28(24(18)31)21-10-11-22(29)26-23(21)30/h1-3,15-17,21H,4-14,25H2,(H,26,29,30). The molecule has 3 amide bonds. The van der Waals surface area contributed by atoms with Crippen molar-refractivity contribution in [3.8, 4) is 0 Å². The monoisotopic (exact) mass is 424 g/mol. The quantitative estimate of drug-likeness (QED) is 0.684. The van der Waals surface area contributed by atoms with Crippen molar-refractivity contribution >= 4 is 23.4 Å². The smallest absolute Gasteiger partial charge is 0.255 e. The number of rotatable bonds is 6. The number of nitrogens with one attached hydrogen (secondary N) is 1. The molecule has 31 heavy (non-hydrogen) atoms. The summed E-state index contributed by atoms with van der Waals surface area (Å²) < 4.78 is 0. The molecule has 3 fully saturated rings. The van der Waals surface area contributed by atoms with Gasteiger partial charge in [0, 0.05) is 48.4 Å². The maximum Gasteiger partial charge on any atom is 0.255 e. The highest BCUT2D eigenvalue weighted by Crippen LogP contribution is 2.39. The summed E-state index contributed by atoms with van der Waals surface area (Å²) in [5.74, 6) is 0.129. The Kier molecular flexibility index (Phi) is 5.46. The Morgan fingerprint density at radius 3 is 2.52 bits per heavy atom. The maximum absolute atomic E-state index is 13.2. The lowest BCUT2D eigenvalue weighted by atomic mass is 9.89. The average molecular weight is 425 g/mol. The summed E-state index contributed by atoms with van der Waals surface area (Å²) in [6, 6.07) is 6.17. The number of fused-ring (bicyclic) bond motifs is 1. The van der Waals surface area contributed by atoms with E-state index in [4.69, 9.17) is 5.73 Å². The lowest BCUT2D eigenvalue weighted by molar-refractivity contribution is -0.136. The van der Waals surface area contributed by atoms with E-state index in [-0.39, 0.29) is 24.1 Å². The molecule has 2 saturated carbocycles. The molecule has 2 heterocycles. The zero-order chi connectivity index (χ0) is 21.5. The molecule has 1 aromatic rings. The molecule has 1 saturated heterocycles. The van der Waals surface area contributed by atoms with Crippen LogP contribution in [0.25, 0.3) is 0 Å². The molecule has 166 valence electrons. The lowest BCUT2D eigenvalue weighted by Crippen LogP contribution is -2.52. The van der Waals surface area contributed by atoms with Crippen molar-refractivity contribution in [2.45, 2.75) is 82.5 Å². The summed E-state index contributed by atoms with van der Waals surface area (Å²) >= 11 is 0. The molecule has 2 aliphatic carbocycles. The van der Waals surface area contributed by atoms with E-state index in [0.29, 0.717) is 30.6 Å². The van der Waals surface area contributed by atoms with Crippen molar-refractivity contribution in [2.75, 3.05) is 11.4 Å². The van der Waals surface area contributed by atoms with Crippen molar-refractivity contribution < 1.29 is 14.4 Å². The number of nitrogens with two attached hydrogens (primary N) is 1. The topological polar surface area (TPSA) is 95.7 Å². The molecule has 5 rings (SSSR count). The van der Waals surface area contributed by atoms with Crippen molar-refractivity contribution in [1.29, 1.82) is 0 Å². The zero-order valence-electron chi connectivity index (χ0n) is 18.0. The number of hydrogen-bond donors (Lipinski definition) is 2. The summed E-state index contributed by atoms with van der Waals surface area (Å²) in [4.78, 5) is 41.4. The minimum absolute atomic E-state index is 0.0980. The molecule has 1 atom stereocenters. The summed E-state index contributed by atoms with van der Waals surface area (Å²) in [7, 11) is 0. The van der Waals surface area contributed by atoms with Gasteiger partial charge in [-0.1, -0.05) is 18.9 Å². The minimum Gasteiger partial charge on any atom is -0.368 e. The number of anilines is 1. The lowest BCUT2D eigenvalue weighted by Gasteiger charge is -2.39. The van der Waals surface area contributed by atoms with Gasteiger partial charge in [0.05, 0.1) is 0 Å². The van der Waals surface area contributed by atoms with Gasteiger partial charge in [0.25, 0.3) is 5.91 Å². The Labute approximate surface area is 183 Å². The molecule has 0 bridgehead atoms. The van der Waals surface area contributed by atoms with Gasteiger partial charge in [-0.2, -0.15) is 0 Å². The van der Waals surface area contributed by atoms with Gasteiger partial charge in [-0.15, -0.1) is 0 Å². The number of imide groups is 1. The highest BCUT2D eigenvalue weighted by molar-refractivity contribution is 6.06. The summed E-state index contributed by atoms with van der Waals surface area (Å²) in [5.41, 5.74) is 9.04. The van der Waals surface area contributed by atoms with E-state index in [9.17, 15) is 14.4 Å². The predicted molar refractivity (Wildman–Crippen MR) is 117 cm³/mol. The van der Waals surface area contributed by atoms with E-state index >= 15 is 0 Å². The van der Waals surface area contributed by atoms with Crippen LogP contribution in [0, 0.1) is 5.92 Å². The van der Waals surface area contributed by atoms with E-state index in [0.717, 1.165) is 49.4 Å². The Bertz CT molecular complexity index is 889. The number of benzene rings is 1. The van der Waals surface area contributed by atoms with Crippen LogP contribution in [0.1, 0.15) is 73.7 Å². The van der Waals surface area contributed by atoms with Crippen LogP contribution in [0.5, 0.6) is 0 Å². The normalized spacial score (nSPS) is 28.5. The third kappa shape index (κ3) is 4.07. The first-order valence-electron chi connectivity index (χ1n) is 11.8. The molecular formula is C24H32N4O3. The van der Waals surface area contributed by atoms with Crippen LogP contribution in [0.3, 0.4) is 0 Å². The van der Waals surface area contributed by atoms with Gasteiger partial charge >= 0.3 is 0 Å². The number of carbonyl (C=O) groups excluding carboxylic acids is 3. The van der Waals surface area contributed by atoms with Crippen LogP contribution in [0.2, 0.25) is 0 Å². The number of nitrogens with zero attached hydrogens (tertiary/aromatic N) is 2. The SMILES string of the molecule is NC1CCC(N(CCC2CC2)c2cccc3c2CN(C2CCC(=O)NC2=O)C3=O)CC1. The number of hydrogen-bond acceptors (Lipinski definition) is 5. The fourth-order valence-corrected chi connectivity index (χ4v) is 5.48. The summed E-state index contributed by atoms with van der Waals surface area (Å²) in [6.45, 7) is 1.44. The fourth-order valence-electron chi connectivity index (χ4n) is 5.48. The van der Waals surface area contributed by atoms with Crippen LogP contribution in [0.15, 0.2) is 18.2 Å². The third-order valence-corrected chi connectivity index (χ3v) is 7.52. The van der Waals surface area contributed by atoms with Gasteiger partial charge in [0.2, 0.25) is 11.8 Å². The van der Waals surface area contributed by atoms with E-state index in [1.54, 1.807) is 4.90 Å². The Hall–Kier alpha value is -2.41. The molecule has 1 aromatic carbocycles. The van der Waals surface area contributed by atoms with Crippen LogP contribution in [-0.4, -0.2) is 47.3 Å². The number of carbonyl (C=O) groups is 3. The van der Waals surface area contributed by atoms with Crippen LogP contribution in [-0.2, 0) is 16.1 Å². The molecule has 0 radical (unpaired) electrons. The zero-order valence-corrected chi connectivity index (χ0v) is 18.0. The second kappa shape index (κ2) is 8.26. The molecule has 0 aromatic heterocycles. The average Bonchev–Trinajstić information content (AvgIpc) is 3.52. The minimum atomic E-state index is -0.571. The Morgan fingerprint density at radius 2 is 1.81 bits per heavy atom. The second-order valence-corrected chi connectivity index (χ2v) is 9.70. The molecule has 2 aliphatic heterocycles. The van der Waals surface area contributed by atoms with E-state index in [2.05, 4.69) is 16.3 Å². The van der Waals surface area contributed by atoms with E-state index in [1.807, 2.05) is 12.1 Å². The largest absolute Gasteiger partial charge is 0.368 e. The number of piperidine rings is 1. The first-order valence-corrected chi connectivity index (χ1v) is 11.8. The highest BCUT2D eigenvalue weighted by Gasteiger charge is 2.41. The second-order valence-electron chi connectivity index (χ2n) is 9.70. The van der Waals surface area contributed by atoms with Crippen molar-refractivity contribution in [3.63, 3.8) is 0 Å². The van der Waals surface area contributed by atoms with E-state index in [1.165, 1.54) is 19.3 Å². The molecule has 7 heteroatoms. The van der Waals surface area contributed by atoms with E-state index < -0.39 is 6.04 Å². The molecule has 7 nitrogen and oxygen atoms in total. The fraction of sp³-hybridized carbons (Fsp3) is 0.625. The van der Waals surface area contributed by atoms with Gasteiger partial charge < -0.3 is 15.5 Å².